The van der Waals surface area contributed by atoms with E-state index in [4.69, 9.17) is 4.74 Å². The number of hydrogen-bond acceptors (Lipinski definition) is 2. The fourth-order valence-corrected chi connectivity index (χ4v) is 1.13. The highest BCUT2D eigenvalue weighted by Gasteiger charge is 2.08. The van der Waals surface area contributed by atoms with Gasteiger partial charge >= 0.3 is 0 Å². The van der Waals surface area contributed by atoms with Crippen molar-refractivity contribution >= 4 is 12.6 Å². The molecule has 0 aliphatic rings. The molecule has 0 spiro atoms. The molecule has 4 heteroatoms. The summed E-state index contributed by atoms with van der Waals surface area (Å²) >= 11 is 3.87. The van der Waals surface area contributed by atoms with E-state index in [0.29, 0.717) is 6.61 Å². The first kappa shape index (κ1) is 9.32. The van der Waals surface area contributed by atoms with E-state index in [2.05, 4.69) is 12.6 Å². The molecule has 1 rings (SSSR count). The lowest BCUT2D eigenvalue weighted by atomic mass is 10.3. The SMILES string of the molecule is CCOc1c(F)cc(F)cc1S. The van der Waals surface area contributed by atoms with Crippen molar-refractivity contribution in [1.82, 2.24) is 0 Å². The van der Waals surface area contributed by atoms with E-state index in [1.165, 1.54) is 0 Å². The number of thiol groups is 1. The van der Waals surface area contributed by atoms with Gasteiger partial charge in [-0.1, -0.05) is 0 Å². The van der Waals surface area contributed by atoms with Crippen molar-refractivity contribution in [3.05, 3.63) is 23.8 Å². The predicted molar refractivity (Wildman–Crippen MR) is 44.8 cm³/mol. The Hall–Kier alpha value is -0.770. The summed E-state index contributed by atoms with van der Waals surface area (Å²) in [5, 5.41) is 0. The highest BCUT2D eigenvalue weighted by molar-refractivity contribution is 7.80. The third kappa shape index (κ3) is 1.88. The highest BCUT2D eigenvalue weighted by atomic mass is 32.1. The third-order valence-corrected chi connectivity index (χ3v) is 1.61. The highest BCUT2D eigenvalue weighted by Crippen LogP contribution is 2.26. The van der Waals surface area contributed by atoms with Crippen LogP contribution in [-0.2, 0) is 0 Å². The Kier molecular flexibility index (Phi) is 2.92. The fourth-order valence-electron chi connectivity index (χ4n) is 0.834. The standard InChI is InChI=1S/C8H8F2OS/c1-2-11-8-6(10)3-5(9)4-7(8)12/h3-4,12H,2H2,1H3. The lowest BCUT2D eigenvalue weighted by Gasteiger charge is -2.06. The first-order chi connectivity index (χ1) is 5.65. The zero-order valence-corrected chi connectivity index (χ0v) is 7.37. The van der Waals surface area contributed by atoms with Crippen LogP contribution in [0.2, 0.25) is 0 Å². The summed E-state index contributed by atoms with van der Waals surface area (Å²) in [4.78, 5) is 0.175. The van der Waals surface area contributed by atoms with Gasteiger partial charge < -0.3 is 4.74 Å². The molecule has 0 atom stereocenters. The molecule has 1 aromatic rings. The first-order valence-corrected chi connectivity index (χ1v) is 3.90. The molecule has 0 radical (unpaired) electrons. The van der Waals surface area contributed by atoms with E-state index < -0.39 is 11.6 Å². The lowest BCUT2D eigenvalue weighted by Crippen LogP contribution is -1.96. The van der Waals surface area contributed by atoms with E-state index in [-0.39, 0.29) is 10.6 Å². The van der Waals surface area contributed by atoms with Gasteiger partial charge in [0.15, 0.2) is 11.6 Å². The first-order valence-electron chi connectivity index (χ1n) is 3.46. The summed E-state index contributed by atoms with van der Waals surface area (Å²) in [5.41, 5.74) is 0. The summed E-state index contributed by atoms with van der Waals surface area (Å²) in [6.07, 6.45) is 0. The largest absolute Gasteiger partial charge is 0.490 e. The van der Waals surface area contributed by atoms with E-state index >= 15 is 0 Å². The Labute approximate surface area is 74.8 Å². The minimum atomic E-state index is -0.721. The molecule has 1 aromatic carbocycles. The molecule has 0 N–H and O–H groups in total. The molecule has 1 nitrogen and oxygen atoms in total. The maximum Gasteiger partial charge on any atom is 0.169 e. The molecule has 0 fully saturated rings. The molecular formula is C8H8F2OS. The van der Waals surface area contributed by atoms with Crippen LogP contribution in [0.1, 0.15) is 6.92 Å². The smallest absolute Gasteiger partial charge is 0.169 e. The molecule has 0 aromatic heterocycles. The van der Waals surface area contributed by atoms with Gasteiger partial charge in [-0.25, -0.2) is 8.78 Å². The summed E-state index contributed by atoms with van der Waals surface area (Å²) in [6, 6.07) is 1.88. The van der Waals surface area contributed by atoms with Gasteiger partial charge in [-0.05, 0) is 13.0 Å². The van der Waals surface area contributed by atoms with E-state index in [1.807, 2.05) is 0 Å². The predicted octanol–water partition coefficient (Wildman–Crippen LogP) is 2.65. The molecule has 0 bridgehead atoms. The second-order valence-corrected chi connectivity index (χ2v) is 2.65. The van der Waals surface area contributed by atoms with E-state index in [0.717, 1.165) is 12.1 Å². The van der Waals surface area contributed by atoms with Crippen LogP contribution in [0, 0.1) is 11.6 Å². The normalized spacial score (nSPS) is 10.0. The van der Waals surface area contributed by atoms with Crippen molar-refractivity contribution < 1.29 is 13.5 Å². The summed E-state index contributed by atoms with van der Waals surface area (Å²) in [5.74, 6) is -1.37. The van der Waals surface area contributed by atoms with Crippen LogP contribution in [0.25, 0.3) is 0 Å². The van der Waals surface area contributed by atoms with Crippen molar-refractivity contribution in [2.24, 2.45) is 0 Å². The van der Waals surface area contributed by atoms with Crippen molar-refractivity contribution in [2.45, 2.75) is 11.8 Å². The number of rotatable bonds is 2. The molecule has 0 saturated heterocycles. The van der Waals surface area contributed by atoms with Crippen LogP contribution in [-0.4, -0.2) is 6.61 Å². The molecule has 0 aliphatic carbocycles. The van der Waals surface area contributed by atoms with Crippen LogP contribution >= 0.6 is 12.6 Å². The van der Waals surface area contributed by atoms with Crippen LogP contribution in [0.3, 0.4) is 0 Å². The van der Waals surface area contributed by atoms with Crippen molar-refractivity contribution in [2.75, 3.05) is 6.61 Å². The van der Waals surface area contributed by atoms with Gasteiger partial charge in [-0.2, -0.15) is 0 Å². The second-order valence-electron chi connectivity index (χ2n) is 2.17. The van der Waals surface area contributed by atoms with E-state index in [9.17, 15) is 8.78 Å². The maximum absolute atomic E-state index is 12.9. The maximum atomic E-state index is 12.9. The Morgan fingerprint density at radius 1 is 1.42 bits per heavy atom. The lowest BCUT2D eigenvalue weighted by molar-refractivity contribution is 0.311. The van der Waals surface area contributed by atoms with Crippen molar-refractivity contribution in [1.29, 1.82) is 0 Å². The topological polar surface area (TPSA) is 9.23 Å². The molecule has 0 unspecified atom stereocenters. The zero-order valence-electron chi connectivity index (χ0n) is 6.47. The summed E-state index contributed by atoms with van der Waals surface area (Å²) < 4.78 is 30.3. The van der Waals surface area contributed by atoms with Crippen molar-refractivity contribution in [3.63, 3.8) is 0 Å². The Morgan fingerprint density at radius 3 is 2.58 bits per heavy atom. The van der Waals surface area contributed by atoms with Crippen LogP contribution in [0.4, 0.5) is 8.78 Å². The monoisotopic (exact) mass is 190 g/mol. The van der Waals surface area contributed by atoms with Crippen LogP contribution in [0.5, 0.6) is 5.75 Å². The molecular weight excluding hydrogens is 182 g/mol. The average molecular weight is 190 g/mol. The molecule has 66 valence electrons. The zero-order chi connectivity index (χ0) is 9.14. The third-order valence-electron chi connectivity index (χ3n) is 1.28. The van der Waals surface area contributed by atoms with Gasteiger partial charge in [0.2, 0.25) is 0 Å². The number of ether oxygens (including phenoxy) is 1. The minimum Gasteiger partial charge on any atom is -0.490 e. The van der Waals surface area contributed by atoms with Crippen LogP contribution in [0.15, 0.2) is 17.0 Å². The Balaban J connectivity index is 3.10. The summed E-state index contributed by atoms with van der Waals surface area (Å²) in [7, 11) is 0. The molecule has 0 heterocycles. The van der Waals surface area contributed by atoms with Gasteiger partial charge in [-0.3, -0.25) is 0 Å². The Bertz CT molecular complexity index is 265. The van der Waals surface area contributed by atoms with Gasteiger partial charge in [0.05, 0.1) is 11.5 Å². The van der Waals surface area contributed by atoms with Crippen LogP contribution < -0.4 is 4.74 Å². The van der Waals surface area contributed by atoms with Gasteiger partial charge in [0.1, 0.15) is 5.82 Å². The molecule has 12 heavy (non-hydrogen) atoms. The molecule has 0 aliphatic heterocycles. The average Bonchev–Trinajstić information content (AvgIpc) is 1.96. The number of halogens is 2. The van der Waals surface area contributed by atoms with Gasteiger partial charge in [0, 0.05) is 6.07 Å². The fraction of sp³-hybridized carbons (Fsp3) is 0.250. The van der Waals surface area contributed by atoms with Crippen molar-refractivity contribution in [3.8, 4) is 5.75 Å². The second kappa shape index (κ2) is 3.76. The molecule has 0 saturated carbocycles. The minimum absolute atomic E-state index is 0.00207. The van der Waals surface area contributed by atoms with E-state index in [1.54, 1.807) is 6.92 Å². The van der Waals surface area contributed by atoms with Gasteiger partial charge in [-0.15, -0.1) is 12.6 Å². The Morgan fingerprint density at radius 2 is 2.08 bits per heavy atom. The number of hydrogen-bond donors (Lipinski definition) is 1. The molecule has 0 amide bonds. The quantitative estimate of drug-likeness (QED) is 0.705. The summed E-state index contributed by atoms with van der Waals surface area (Å²) in [6.45, 7) is 2.05. The number of benzene rings is 1. The van der Waals surface area contributed by atoms with Gasteiger partial charge in [0.25, 0.3) is 0 Å².